The molecule has 10 heavy (non-hydrogen) atoms. The molecule has 1 nitrogen and oxygen atoms in total. The number of quaternary nitrogens is 1. The van der Waals surface area contributed by atoms with Crippen molar-refractivity contribution in [2.45, 2.75) is 18.1 Å². The normalized spacial score (nSPS) is 7.80. The van der Waals surface area contributed by atoms with Crippen molar-refractivity contribution in [2.24, 2.45) is 0 Å². The predicted molar refractivity (Wildman–Crippen MR) is 44.4 cm³/mol. The minimum Gasteiger partial charge on any atom is -1.00 e. The largest absolute Gasteiger partial charge is 1.00 e. The second-order valence-corrected chi connectivity index (χ2v) is 3.33. The summed E-state index contributed by atoms with van der Waals surface area (Å²) >= 11 is 14.4. The Bertz CT molecular complexity index is 37.9. The Labute approximate surface area is 83.8 Å². The van der Waals surface area contributed by atoms with Gasteiger partial charge in [0.25, 0.3) is 0 Å². The maximum absolute atomic E-state index is 4.81. The Morgan fingerprint density at radius 2 is 1.30 bits per heavy atom. The fourth-order valence-electron chi connectivity index (χ4n) is 0.289. The van der Waals surface area contributed by atoms with Crippen LogP contribution in [0.4, 0.5) is 0 Å². The van der Waals surface area contributed by atoms with E-state index < -0.39 is 4.30 Å². The first-order valence-electron chi connectivity index (χ1n) is 2.89. The molecule has 0 heterocycles. The van der Waals surface area contributed by atoms with Crippen molar-refractivity contribution in [3.8, 4) is 0 Å². The Kier molecular flexibility index (Phi) is 28.7. The SMILES string of the molecule is CC[NH2+]CC.ClC(Cl)Cl.[Cl-]. The average Bonchev–Trinajstić information content (AvgIpc) is 1.66. The Morgan fingerprint density at radius 3 is 1.30 bits per heavy atom. The Morgan fingerprint density at radius 1 is 1.10 bits per heavy atom. The van der Waals surface area contributed by atoms with Gasteiger partial charge in [-0.25, -0.2) is 0 Å². The smallest absolute Gasteiger partial charge is 0.180 e. The van der Waals surface area contributed by atoms with Crippen molar-refractivity contribution in [3.05, 3.63) is 0 Å². The van der Waals surface area contributed by atoms with E-state index in [0.717, 1.165) is 0 Å². The molecule has 0 aromatic carbocycles. The molecule has 2 N–H and O–H groups in total. The van der Waals surface area contributed by atoms with E-state index in [2.05, 4.69) is 19.2 Å². The fourth-order valence-corrected chi connectivity index (χ4v) is 0.289. The number of hydrogen-bond acceptors (Lipinski definition) is 0. The van der Waals surface area contributed by atoms with Crippen molar-refractivity contribution < 1.29 is 17.7 Å². The van der Waals surface area contributed by atoms with Gasteiger partial charge < -0.3 is 17.7 Å². The van der Waals surface area contributed by atoms with Gasteiger partial charge in [0.15, 0.2) is 4.30 Å². The van der Waals surface area contributed by atoms with Crippen LogP contribution in [-0.2, 0) is 0 Å². The lowest BCUT2D eigenvalue weighted by atomic mass is 10.7. The zero-order chi connectivity index (χ0) is 7.70. The molecule has 0 radical (unpaired) electrons. The molecule has 0 aromatic rings. The van der Waals surface area contributed by atoms with Crippen LogP contribution in [0.2, 0.25) is 0 Å². The zero-order valence-electron chi connectivity index (χ0n) is 6.08. The lowest BCUT2D eigenvalue weighted by Crippen LogP contribution is -3.00. The summed E-state index contributed by atoms with van der Waals surface area (Å²) in [6.07, 6.45) is 0. The third-order valence-corrected chi connectivity index (χ3v) is 0.577. The van der Waals surface area contributed by atoms with Gasteiger partial charge in [-0.1, -0.05) is 34.8 Å². The van der Waals surface area contributed by atoms with Gasteiger partial charge in [-0.2, -0.15) is 0 Å². The highest BCUT2D eigenvalue weighted by Crippen LogP contribution is 2.03. The lowest BCUT2D eigenvalue weighted by Gasteiger charge is -1.83. The van der Waals surface area contributed by atoms with Crippen LogP contribution in [0.25, 0.3) is 0 Å². The third-order valence-electron chi connectivity index (χ3n) is 0.577. The summed E-state index contributed by atoms with van der Waals surface area (Å²) in [5.74, 6) is 0. The van der Waals surface area contributed by atoms with E-state index in [9.17, 15) is 0 Å². The minimum absolute atomic E-state index is 0. The van der Waals surface area contributed by atoms with Crippen molar-refractivity contribution in [1.29, 1.82) is 0 Å². The van der Waals surface area contributed by atoms with Crippen molar-refractivity contribution in [3.63, 3.8) is 0 Å². The molecule has 0 rings (SSSR count). The van der Waals surface area contributed by atoms with Crippen LogP contribution < -0.4 is 17.7 Å². The van der Waals surface area contributed by atoms with Crippen LogP contribution in [0.3, 0.4) is 0 Å². The first-order chi connectivity index (χ1) is 4.15. The van der Waals surface area contributed by atoms with Gasteiger partial charge in [0.1, 0.15) is 0 Å². The van der Waals surface area contributed by atoms with Crippen LogP contribution in [0.1, 0.15) is 13.8 Å². The molecule has 0 saturated carbocycles. The van der Waals surface area contributed by atoms with Gasteiger partial charge in [0, 0.05) is 0 Å². The molecule has 0 spiro atoms. The van der Waals surface area contributed by atoms with Crippen molar-refractivity contribution in [2.75, 3.05) is 13.1 Å². The Hall–Kier alpha value is 1.12. The zero-order valence-corrected chi connectivity index (χ0v) is 9.10. The number of alkyl halides is 3. The molecular weight excluding hydrogens is 216 g/mol. The summed E-state index contributed by atoms with van der Waals surface area (Å²) < 4.78 is -0.750. The van der Waals surface area contributed by atoms with E-state index in [1.165, 1.54) is 13.1 Å². The number of halogens is 4. The molecule has 0 amide bonds. The summed E-state index contributed by atoms with van der Waals surface area (Å²) in [4.78, 5) is 0. The molecule has 0 unspecified atom stereocenters. The van der Waals surface area contributed by atoms with Crippen LogP contribution >= 0.6 is 34.8 Å². The standard InChI is InChI=1S/C4H11N.CHCl3.ClH/c1-3-5-4-2;2-1(3)4;/h5H,3-4H2,1-2H3;1H;1H. The second kappa shape index (κ2) is 16.6. The molecule has 0 aromatic heterocycles. The molecule has 5 heteroatoms. The molecule has 66 valence electrons. The van der Waals surface area contributed by atoms with Crippen LogP contribution in [0.15, 0.2) is 0 Å². The molecular formula is C5H13Cl4N. The van der Waals surface area contributed by atoms with E-state index in [1.807, 2.05) is 0 Å². The topological polar surface area (TPSA) is 16.6 Å². The maximum atomic E-state index is 4.81. The third kappa shape index (κ3) is 61.8. The summed E-state index contributed by atoms with van der Waals surface area (Å²) in [6.45, 7) is 6.75. The van der Waals surface area contributed by atoms with Gasteiger partial charge in [0.2, 0.25) is 0 Å². The van der Waals surface area contributed by atoms with Gasteiger partial charge in [-0.15, -0.1) is 0 Å². The lowest BCUT2D eigenvalue weighted by molar-refractivity contribution is -0.648. The molecule has 0 saturated heterocycles. The van der Waals surface area contributed by atoms with E-state index >= 15 is 0 Å². The van der Waals surface area contributed by atoms with Gasteiger partial charge in [-0.3, -0.25) is 0 Å². The molecule has 0 aliphatic rings. The quantitative estimate of drug-likeness (QED) is 0.559. The van der Waals surface area contributed by atoms with Crippen molar-refractivity contribution >= 4 is 34.8 Å². The van der Waals surface area contributed by atoms with Crippen LogP contribution in [0.5, 0.6) is 0 Å². The highest BCUT2D eigenvalue weighted by Gasteiger charge is 1.78. The molecule has 0 bridgehead atoms. The summed E-state index contributed by atoms with van der Waals surface area (Å²) in [5.41, 5.74) is 0. The minimum atomic E-state index is -0.750. The Balaban J connectivity index is -0.0000000910. The monoisotopic (exact) mass is 227 g/mol. The van der Waals surface area contributed by atoms with Crippen LogP contribution in [0, 0.1) is 0 Å². The number of rotatable bonds is 2. The van der Waals surface area contributed by atoms with E-state index in [4.69, 9.17) is 34.8 Å². The maximum Gasteiger partial charge on any atom is 0.180 e. The van der Waals surface area contributed by atoms with E-state index in [0.29, 0.717) is 0 Å². The van der Waals surface area contributed by atoms with Gasteiger partial charge in [0.05, 0.1) is 13.1 Å². The molecule has 0 aliphatic heterocycles. The molecule has 0 atom stereocenters. The van der Waals surface area contributed by atoms with Gasteiger partial charge in [-0.05, 0) is 13.8 Å². The summed E-state index contributed by atoms with van der Waals surface area (Å²) in [5, 5.41) is 2.25. The highest BCUT2D eigenvalue weighted by molar-refractivity contribution is 6.63. The first-order valence-corrected chi connectivity index (χ1v) is 4.19. The average molecular weight is 229 g/mol. The number of hydrogen-bond donors (Lipinski definition) is 1. The van der Waals surface area contributed by atoms with Crippen LogP contribution in [-0.4, -0.2) is 17.4 Å². The predicted octanol–water partition coefficient (Wildman–Crippen LogP) is -1.42. The van der Waals surface area contributed by atoms with Gasteiger partial charge >= 0.3 is 0 Å². The highest BCUT2D eigenvalue weighted by atomic mass is 35.6. The van der Waals surface area contributed by atoms with E-state index in [1.54, 1.807) is 0 Å². The molecule has 0 aliphatic carbocycles. The van der Waals surface area contributed by atoms with E-state index in [-0.39, 0.29) is 12.4 Å². The van der Waals surface area contributed by atoms with Crippen molar-refractivity contribution in [1.82, 2.24) is 0 Å². The summed E-state index contributed by atoms with van der Waals surface area (Å²) in [7, 11) is 0. The summed E-state index contributed by atoms with van der Waals surface area (Å²) in [6, 6.07) is 0. The second-order valence-electron chi connectivity index (χ2n) is 1.35. The fraction of sp³-hybridized carbons (Fsp3) is 1.00. The molecule has 0 fully saturated rings. The number of nitrogens with two attached hydrogens (primary N) is 1. The first kappa shape index (κ1) is 17.3.